The summed E-state index contributed by atoms with van der Waals surface area (Å²) in [6.07, 6.45) is 0. The van der Waals surface area contributed by atoms with Crippen LogP contribution in [0.15, 0.2) is 72.8 Å². The summed E-state index contributed by atoms with van der Waals surface area (Å²) >= 11 is 0. The number of carbonyl (C=O) groups excluding carboxylic acids is 3. The van der Waals surface area contributed by atoms with Crippen molar-refractivity contribution in [1.82, 2.24) is 0 Å². The molecule has 0 aliphatic rings. The van der Waals surface area contributed by atoms with Crippen LogP contribution in [0.2, 0.25) is 0 Å². The quantitative estimate of drug-likeness (QED) is 0.473. The van der Waals surface area contributed by atoms with Crippen LogP contribution in [-0.4, -0.2) is 17.3 Å². The summed E-state index contributed by atoms with van der Waals surface area (Å²) in [6, 6.07) is 22.8. The van der Waals surface area contributed by atoms with Crippen LogP contribution in [0, 0.1) is 0 Å². The van der Waals surface area contributed by atoms with Crippen molar-refractivity contribution < 1.29 is 14.4 Å². The molecule has 0 aliphatic heterocycles. The van der Waals surface area contributed by atoms with Gasteiger partial charge in [-0.3, -0.25) is 14.4 Å². The second kappa shape index (κ2) is 8.41. The average Bonchev–Trinajstić information content (AvgIpc) is 2.69. The molecule has 0 N–H and O–H groups in total. The average molecular weight is 388 g/mol. The van der Waals surface area contributed by atoms with Gasteiger partial charge in [0.1, 0.15) is 0 Å². The SMILES string of the molecule is CC(=O)c1cccc(P(c2cccc(C(C)=O)c2)c2cccc(C(C)=O)c2)c1. The minimum Gasteiger partial charge on any atom is -0.295 e. The van der Waals surface area contributed by atoms with Gasteiger partial charge in [-0.1, -0.05) is 54.6 Å². The first-order valence-corrected chi connectivity index (χ1v) is 10.3. The summed E-state index contributed by atoms with van der Waals surface area (Å²) in [5.74, 6) is 0.0188. The highest BCUT2D eigenvalue weighted by molar-refractivity contribution is 7.79. The van der Waals surface area contributed by atoms with Crippen LogP contribution in [0.5, 0.6) is 0 Å². The van der Waals surface area contributed by atoms with Gasteiger partial charge >= 0.3 is 0 Å². The van der Waals surface area contributed by atoms with Crippen LogP contribution < -0.4 is 15.9 Å². The first-order valence-electron chi connectivity index (χ1n) is 9.00. The maximum absolute atomic E-state index is 11.9. The fraction of sp³-hybridized carbons (Fsp3) is 0.125. The molecule has 0 saturated carbocycles. The van der Waals surface area contributed by atoms with Crippen LogP contribution in [0.1, 0.15) is 51.8 Å². The monoisotopic (exact) mass is 388 g/mol. The lowest BCUT2D eigenvalue weighted by molar-refractivity contribution is 0.100. The second-order valence-corrected chi connectivity index (χ2v) is 8.87. The third-order valence-corrected chi connectivity index (χ3v) is 6.92. The fourth-order valence-electron chi connectivity index (χ4n) is 3.04. The van der Waals surface area contributed by atoms with Gasteiger partial charge in [-0.2, -0.15) is 0 Å². The molecule has 0 aromatic heterocycles. The number of ketones is 3. The number of carbonyl (C=O) groups is 3. The molecule has 0 radical (unpaired) electrons. The smallest absolute Gasteiger partial charge is 0.159 e. The normalized spacial score (nSPS) is 10.7. The zero-order valence-electron chi connectivity index (χ0n) is 16.1. The molecule has 0 heterocycles. The van der Waals surface area contributed by atoms with Crippen molar-refractivity contribution in [2.24, 2.45) is 0 Å². The van der Waals surface area contributed by atoms with E-state index in [-0.39, 0.29) is 17.3 Å². The maximum atomic E-state index is 11.9. The van der Waals surface area contributed by atoms with Crippen molar-refractivity contribution in [3.05, 3.63) is 89.5 Å². The molecule has 3 rings (SSSR count). The Balaban J connectivity index is 2.22. The predicted molar refractivity (Wildman–Crippen MR) is 115 cm³/mol. The standard InChI is InChI=1S/C24H21O3P/c1-16(25)19-7-4-10-22(13-19)28(23-11-5-8-20(14-23)17(2)26)24-12-6-9-21(15-24)18(3)27/h4-15H,1-3H3. The van der Waals surface area contributed by atoms with E-state index in [9.17, 15) is 14.4 Å². The molecule has 0 spiro atoms. The van der Waals surface area contributed by atoms with Gasteiger partial charge in [-0.25, -0.2) is 0 Å². The van der Waals surface area contributed by atoms with Crippen molar-refractivity contribution in [2.75, 3.05) is 0 Å². The first kappa shape index (κ1) is 19.9. The summed E-state index contributed by atoms with van der Waals surface area (Å²) in [6.45, 7) is 4.65. The molecular formula is C24H21O3P. The zero-order valence-corrected chi connectivity index (χ0v) is 17.0. The molecular weight excluding hydrogens is 367 g/mol. The van der Waals surface area contributed by atoms with Crippen LogP contribution in [0.4, 0.5) is 0 Å². The van der Waals surface area contributed by atoms with E-state index >= 15 is 0 Å². The van der Waals surface area contributed by atoms with Crippen LogP contribution in [0.3, 0.4) is 0 Å². The molecule has 0 atom stereocenters. The van der Waals surface area contributed by atoms with Gasteiger partial charge in [0.25, 0.3) is 0 Å². The number of hydrogen-bond donors (Lipinski definition) is 0. The van der Waals surface area contributed by atoms with Crippen molar-refractivity contribution in [3.63, 3.8) is 0 Å². The predicted octanol–water partition coefficient (Wildman–Crippen LogP) is 4.05. The summed E-state index contributed by atoms with van der Waals surface area (Å²) in [5, 5.41) is 3.01. The molecule has 0 amide bonds. The lowest BCUT2D eigenvalue weighted by Gasteiger charge is -2.21. The molecule has 3 aromatic carbocycles. The van der Waals surface area contributed by atoms with E-state index in [0.717, 1.165) is 15.9 Å². The Morgan fingerprint density at radius 1 is 0.536 bits per heavy atom. The summed E-state index contributed by atoms with van der Waals surface area (Å²) < 4.78 is 0. The Labute approximate surface area is 166 Å². The molecule has 3 aromatic rings. The molecule has 0 bridgehead atoms. The Kier molecular flexibility index (Phi) is 5.96. The van der Waals surface area contributed by atoms with Gasteiger partial charge in [0.05, 0.1) is 0 Å². The Morgan fingerprint density at radius 2 is 0.821 bits per heavy atom. The summed E-state index contributed by atoms with van der Waals surface area (Å²) in [7, 11) is -1.03. The van der Waals surface area contributed by atoms with Crippen LogP contribution >= 0.6 is 7.92 Å². The van der Waals surface area contributed by atoms with E-state index < -0.39 is 7.92 Å². The molecule has 4 heteroatoms. The molecule has 28 heavy (non-hydrogen) atoms. The van der Waals surface area contributed by atoms with E-state index in [1.54, 1.807) is 39.0 Å². The van der Waals surface area contributed by atoms with Crippen molar-refractivity contribution in [1.29, 1.82) is 0 Å². The minimum absolute atomic E-state index is 0.00627. The summed E-state index contributed by atoms with van der Waals surface area (Å²) in [4.78, 5) is 35.7. The lowest BCUT2D eigenvalue weighted by atomic mass is 10.1. The van der Waals surface area contributed by atoms with E-state index in [1.807, 2.05) is 54.6 Å². The van der Waals surface area contributed by atoms with E-state index in [4.69, 9.17) is 0 Å². The molecule has 0 fully saturated rings. The number of hydrogen-bond acceptors (Lipinski definition) is 3. The Bertz CT molecular complexity index is 932. The lowest BCUT2D eigenvalue weighted by Crippen LogP contribution is -2.22. The van der Waals surface area contributed by atoms with Crippen molar-refractivity contribution in [2.45, 2.75) is 20.8 Å². The number of rotatable bonds is 6. The van der Waals surface area contributed by atoms with E-state index in [2.05, 4.69) is 0 Å². The fourth-order valence-corrected chi connectivity index (χ4v) is 5.44. The molecule has 0 unspecified atom stereocenters. The Hall–Kier alpha value is -2.90. The largest absolute Gasteiger partial charge is 0.295 e. The van der Waals surface area contributed by atoms with Gasteiger partial charge in [0.2, 0.25) is 0 Å². The maximum Gasteiger partial charge on any atom is 0.159 e. The number of Topliss-reactive ketones (excluding diaryl/α,β-unsaturated/α-hetero) is 3. The van der Waals surface area contributed by atoms with Gasteiger partial charge in [0, 0.05) is 16.7 Å². The van der Waals surface area contributed by atoms with E-state index in [0.29, 0.717) is 16.7 Å². The first-order chi connectivity index (χ1) is 13.4. The number of benzene rings is 3. The Morgan fingerprint density at radius 3 is 1.07 bits per heavy atom. The van der Waals surface area contributed by atoms with Gasteiger partial charge in [-0.05, 0) is 62.8 Å². The van der Waals surface area contributed by atoms with E-state index in [1.165, 1.54) is 0 Å². The highest BCUT2D eigenvalue weighted by atomic mass is 31.1. The third kappa shape index (κ3) is 4.32. The zero-order chi connectivity index (χ0) is 20.3. The summed E-state index contributed by atoms with van der Waals surface area (Å²) in [5.41, 5.74) is 1.95. The minimum atomic E-state index is -1.03. The third-order valence-electron chi connectivity index (χ3n) is 4.53. The molecule has 0 aliphatic carbocycles. The molecule has 3 nitrogen and oxygen atoms in total. The molecule has 0 saturated heterocycles. The highest BCUT2D eigenvalue weighted by Gasteiger charge is 2.19. The van der Waals surface area contributed by atoms with Crippen molar-refractivity contribution >= 4 is 41.2 Å². The van der Waals surface area contributed by atoms with Gasteiger partial charge < -0.3 is 0 Å². The molecule has 140 valence electrons. The van der Waals surface area contributed by atoms with Gasteiger partial charge in [0.15, 0.2) is 17.3 Å². The van der Waals surface area contributed by atoms with Crippen molar-refractivity contribution in [3.8, 4) is 0 Å². The second-order valence-electron chi connectivity index (χ2n) is 6.65. The topological polar surface area (TPSA) is 51.2 Å². The van der Waals surface area contributed by atoms with Gasteiger partial charge in [-0.15, -0.1) is 0 Å². The highest BCUT2D eigenvalue weighted by Crippen LogP contribution is 2.33. The van der Waals surface area contributed by atoms with Crippen LogP contribution in [0.25, 0.3) is 0 Å². The van der Waals surface area contributed by atoms with Crippen LogP contribution in [-0.2, 0) is 0 Å².